The molecule has 0 bridgehead atoms. The van der Waals surface area contributed by atoms with Crippen molar-refractivity contribution in [1.82, 2.24) is 0 Å². The van der Waals surface area contributed by atoms with Crippen LogP contribution in [0.4, 0.5) is 10.1 Å². The number of halogens is 1. The number of amides is 1. The number of carbonyl (C=O) groups is 1. The average molecular weight is 363 g/mol. The van der Waals surface area contributed by atoms with Gasteiger partial charge in [-0.05, 0) is 42.5 Å². The predicted molar refractivity (Wildman–Crippen MR) is 99.3 cm³/mol. The molecule has 1 amide bonds. The first-order chi connectivity index (χ1) is 11.5. The van der Waals surface area contributed by atoms with Crippen molar-refractivity contribution < 1.29 is 9.18 Å². The van der Waals surface area contributed by atoms with Crippen LogP contribution < -0.4 is 11.1 Å². The van der Waals surface area contributed by atoms with Crippen molar-refractivity contribution in [2.75, 3.05) is 11.1 Å². The van der Waals surface area contributed by atoms with Crippen LogP contribution in [0.1, 0.15) is 35.0 Å². The second-order valence-electron chi connectivity index (χ2n) is 5.56. The van der Waals surface area contributed by atoms with Crippen LogP contribution in [-0.4, -0.2) is 16.8 Å². The molecular weight excluding hydrogens is 345 g/mol. The fraction of sp³-hybridized carbons (Fsp3) is 0.294. The number of anilines is 1. The second-order valence-corrected chi connectivity index (χ2v) is 7.62. The van der Waals surface area contributed by atoms with E-state index in [0.717, 1.165) is 5.75 Å². The molecule has 0 radical (unpaired) electrons. The Labute approximate surface area is 148 Å². The number of nitrogens with two attached hydrogens (primary N) is 1. The van der Waals surface area contributed by atoms with E-state index in [1.807, 2.05) is 18.4 Å². The molecule has 126 valence electrons. The van der Waals surface area contributed by atoms with E-state index in [1.165, 1.54) is 29.2 Å². The van der Waals surface area contributed by atoms with Gasteiger partial charge in [-0.1, -0.05) is 24.8 Å². The van der Waals surface area contributed by atoms with E-state index < -0.39 is 5.54 Å². The fourth-order valence-electron chi connectivity index (χ4n) is 2.82. The number of thioether (sulfide) groups is 1. The van der Waals surface area contributed by atoms with Crippen LogP contribution in [0.2, 0.25) is 0 Å². The largest absolute Gasteiger partial charge is 0.379 e. The molecule has 1 aromatic carbocycles. The highest BCUT2D eigenvalue weighted by Crippen LogP contribution is 2.40. The van der Waals surface area contributed by atoms with Gasteiger partial charge in [0.25, 0.3) is 5.91 Å². The summed E-state index contributed by atoms with van der Waals surface area (Å²) in [5.74, 6) is 0.277. The Hall–Kier alpha value is -1.86. The Balaban J connectivity index is 1.94. The van der Waals surface area contributed by atoms with E-state index >= 15 is 0 Å². The lowest BCUT2D eigenvalue weighted by molar-refractivity contribution is 0.103. The Kier molecular flexibility index (Phi) is 4.91. The average Bonchev–Trinajstić information content (AvgIpc) is 3.11. The monoisotopic (exact) mass is 363 g/mol. The van der Waals surface area contributed by atoms with Crippen molar-refractivity contribution in [3.05, 3.63) is 52.0 Å². The molecule has 3 rings (SSSR count). The van der Waals surface area contributed by atoms with Crippen LogP contribution >= 0.6 is 23.1 Å². The maximum absolute atomic E-state index is 14.5. The zero-order chi connectivity index (χ0) is 17.2. The maximum atomic E-state index is 14.5. The number of nitrogens with one attached hydrogen (secondary N) is 1. The summed E-state index contributed by atoms with van der Waals surface area (Å²) in [7, 11) is 0. The van der Waals surface area contributed by atoms with E-state index in [-0.39, 0.29) is 11.7 Å². The minimum atomic E-state index is -0.664. The minimum absolute atomic E-state index is 0.199. The first kappa shape index (κ1) is 17.0. The van der Waals surface area contributed by atoms with Crippen LogP contribution in [0.25, 0.3) is 0 Å². The molecule has 1 atom stereocenters. The lowest BCUT2D eigenvalue weighted by atomic mass is 9.84. The van der Waals surface area contributed by atoms with Gasteiger partial charge in [-0.25, -0.2) is 4.39 Å². The quantitative estimate of drug-likeness (QED) is 0.856. The fourth-order valence-corrected chi connectivity index (χ4v) is 4.33. The lowest BCUT2D eigenvalue weighted by Gasteiger charge is -2.33. The predicted octanol–water partition coefficient (Wildman–Crippen LogP) is 4.20. The summed E-state index contributed by atoms with van der Waals surface area (Å²) in [6.45, 7) is 1.98. The third kappa shape index (κ3) is 3.32. The van der Waals surface area contributed by atoms with E-state index in [2.05, 4.69) is 10.3 Å². The van der Waals surface area contributed by atoms with Crippen molar-refractivity contribution in [2.24, 2.45) is 10.7 Å². The first-order valence-corrected chi connectivity index (χ1v) is 9.53. The van der Waals surface area contributed by atoms with Gasteiger partial charge in [-0.15, -0.1) is 11.3 Å². The molecule has 4 nitrogen and oxygen atoms in total. The Bertz CT molecular complexity index is 776. The van der Waals surface area contributed by atoms with Crippen molar-refractivity contribution >= 4 is 39.9 Å². The smallest absolute Gasteiger partial charge is 0.265 e. The van der Waals surface area contributed by atoms with Crippen LogP contribution in [0, 0.1) is 5.82 Å². The molecule has 0 saturated heterocycles. The number of amidine groups is 1. The number of rotatable bonds is 4. The molecule has 7 heteroatoms. The van der Waals surface area contributed by atoms with Gasteiger partial charge < -0.3 is 11.1 Å². The molecule has 0 unspecified atom stereocenters. The molecule has 0 fully saturated rings. The van der Waals surface area contributed by atoms with Crippen LogP contribution in [0.3, 0.4) is 0 Å². The highest BCUT2D eigenvalue weighted by atomic mass is 32.2. The molecule has 3 N–H and O–H groups in total. The summed E-state index contributed by atoms with van der Waals surface area (Å²) in [5, 5.41) is 5.15. The van der Waals surface area contributed by atoms with E-state index in [0.29, 0.717) is 34.1 Å². The molecule has 1 aliphatic heterocycles. The number of nitrogens with zero attached hydrogens (tertiary/aromatic N) is 1. The summed E-state index contributed by atoms with van der Waals surface area (Å²) in [6, 6.07) is 8.19. The highest BCUT2D eigenvalue weighted by molar-refractivity contribution is 8.13. The zero-order valence-electron chi connectivity index (χ0n) is 13.2. The molecule has 2 aromatic rings. The third-order valence-electron chi connectivity index (χ3n) is 4.15. The summed E-state index contributed by atoms with van der Waals surface area (Å²) < 4.78 is 14.5. The number of hydrogen-bond donors (Lipinski definition) is 2. The van der Waals surface area contributed by atoms with Gasteiger partial charge in [-0.3, -0.25) is 9.79 Å². The van der Waals surface area contributed by atoms with Crippen LogP contribution in [0.5, 0.6) is 0 Å². The molecule has 1 aliphatic rings. The molecule has 2 heterocycles. The zero-order valence-corrected chi connectivity index (χ0v) is 14.8. The lowest BCUT2D eigenvalue weighted by Crippen LogP contribution is -2.32. The number of benzene rings is 1. The normalized spacial score (nSPS) is 20.5. The number of thiophene rings is 1. The van der Waals surface area contributed by atoms with Gasteiger partial charge in [0.05, 0.1) is 10.4 Å². The van der Waals surface area contributed by atoms with E-state index in [1.54, 1.807) is 18.2 Å². The van der Waals surface area contributed by atoms with E-state index in [4.69, 9.17) is 5.73 Å². The van der Waals surface area contributed by atoms with Crippen LogP contribution in [0.15, 0.2) is 40.7 Å². The Morgan fingerprint density at radius 1 is 1.46 bits per heavy atom. The molecule has 1 aromatic heterocycles. The summed E-state index contributed by atoms with van der Waals surface area (Å²) in [6.07, 6.45) is 1.36. The Morgan fingerprint density at radius 2 is 2.29 bits per heavy atom. The van der Waals surface area contributed by atoms with Crippen molar-refractivity contribution in [2.45, 2.75) is 25.3 Å². The number of carbonyl (C=O) groups excluding carboxylic acids is 1. The van der Waals surface area contributed by atoms with Gasteiger partial charge in [0, 0.05) is 17.0 Å². The topological polar surface area (TPSA) is 67.5 Å². The van der Waals surface area contributed by atoms with Crippen molar-refractivity contribution in [3.63, 3.8) is 0 Å². The molecule has 0 saturated carbocycles. The first-order valence-electron chi connectivity index (χ1n) is 7.67. The van der Waals surface area contributed by atoms with E-state index in [9.17, 15) is 9.18 Å². The SMILES string of the molecule is CC[C@@]1(c2cc(NC(=O)c3cccs3)ccc2F)CCSC(N)=N1. The maximum Gasteiger partial charge on any atom is 0.265 e. The van der Waals surface area contributed by atoms with Gasteiger partial charge >= 0.3 is 0 Å². The van der Waals surface area contributed by atoms with Gasteiger partial charge in [0.15, 0.2) is 5.17 Å². The van der Waals surface area contributed by atoms with Crippen LogP contribution in [-0.2, 0) is 5.54 Å². The molecule has 0 aliphatic carbocycles. The molecule has 0 spiro atoms. The summed E-state index contributed by atoms with van der Waals surface area (Å²) in [4.78, 5) is 17.4. The number of aliphatic imine (C=N–C) groups is 1. The highest BCUT2D eigenvalue weighted by Gasteiger charge is 2.35. The molecular formula is C17H18FN3OS2. The Morgan fingerprint density at radius 3 is 2.96 bits per heavy atom. The summed E-state index contributed by atoms with van der Waals surface area (Å²) >= 11 is 2.85. The minimum Gasteiger partial charge on any atom is -0.379 e. The van der Waals surface area contributed by atoms with Crippen molar-refractivity contribution in [3.8, 4) is 0 Å². The van der Waals surface area contributed by atoms with Gasteiger partial charge in [-0.2, -0.15) is 0 Å². The molecule has 24 heavy (non-hydrogen) atoms. The van der Waals surface area contributed by atoms with Crippen molar-refractivity contribution in [1.29, 1.82) is 0 Å². The summed E-state index contributed by atoms with van der Waals surface area (Å²) in [5.41, 5.74) is 6.26. The number of hydrogen-bond acceptors (Lipinski definition) is 5. The standard InChI is InChI=1S/C17H18FN3OS2/c1-2-17(7-9-24-16(19)21-17)12-10-11(5-6-13(12)18)20-15(22)14-4-3-8-23-14/h3-6,8,10H,2,7,9H2,1H3,(H2,19,21)(H,20,22)/t17-/m0/s1. The third-order valence-corrected chi connectivity index (χ3v) is 5.81. The second kappa shape index (κ2) is 6.94. The van der Waals surface area contributed by atoms with Gasteiger partial charge in [0.2, 0.25) is 0 Å². The van der Waals surface area contributed by atoms with Gasteiger partial charge in [0.1, 0.15) is 5.82 Å².